The molecular formula is C13H18F3NO2. The van der Waals surface area contributed by atoms with Gasteiger partial charge in [-0.05, 0) is 24.6 Å². The van der Waals surface area contributed by atoms with Crippen LogP contribution in [0.1, 0.15) is 12.5 Å². The number of halogens is 3. The second kappa shape index (κ2) is 7.35. The molecule has 0 bridgehead atoms. The van der Waals surface area contributed by atoms with E-state index in [1.54, 1.807) is 24.3 Å². The molecule has 1 aromatic carbocycles. The third-order valence-corrected chi connectivity index (χ3v) is 2.46. The van der Waals surface area contributed by atoms with Crippen LogP contribution in [0.15, 0.2) is 24.3 Å². The lowest BCUT2D eigenvalue weighted by Gasteiger charge is -2.22. The van der Waals surface area contributed by atoms with Crippen molar-refractivity contribution in [3.05, 3.63) is 29.8 Å². The molecule has 0 amide bonds. The molecule has 1 rings (SSSR count). The number of hydrogen-bond acceptors (Lipinski definition) is 3. The van der Waals surface area contributed by atoms with E-state index in [4.69, 9.17) is 9.84 Å². The van der Waals surface area contributed by atoms with E-state index < -0.39 is 12.7 Å². The molecule has 108 valence electrons. The fraction of sp³-hybridized carbons (Fsp3) is 0.538. The van der Waals surface area contributed by atoms with Gasteiger partial charge >= 0.3 is 6.18 Å². The van der Waals surface area contributed by atoms with Crippen LogP contribution in [0.4, 0.5) is 13.2 Å². The first-order valence-electron chi connectivity index (χ1n) is 6.06. The molecular weight excluding hydrogens is 259 g/mol. The van der Waals surface area contributed by atoms with Gasteiger partial charge in [-0.15, -0.1) is 0 Å². The van der Waals surface area contributed by atoms with Crippen molar-refractivity contribution in [3.63, 3.8) is 0 Å². The maximum Gasteiger partial charge on any atom is 0.401 e. The molecule has 1 N–H and O–H groups in total. The highest BCUT2D eigenvalue weighted by Crippen LogP contribution is 2.19. The molecule has 0 spiro atoms. The van der Waals surface area contributed by atoms with Gasteiger partial charge in [0.25, 0.3) is 0 Å². The summed E-state index contributed by atoms with van der Waals surface area (Å²) in [5.74, 6) is 0.691. The van der Waals surface area contributed by atoms with E-state index in [1.165, 1.54) is 0 Å². The highest BCUT2D eigenvalue weighted by molar-refractivity contribution is 5.27. The van der Waals surface area contributed by atoms with Gasteiger partial charge in [0.1, 0.15) is 5.75 Å². The number of benzene rings is 1. The zero-order valence-electron chi connectivity index (χ0n) is 10.8. The van der Waals surface area contributed by atoms with Gasteiger partial charge < -0.3 is 9.84 Å². The monoisotopic (exact) mass is 277 g/mol. The molecule has 6 heteroatoms. The van der Waals surface area contributed by atoms with Crippen molar-refractivity contribution in [3.8, 4) is 5.75 Å². The van der Waals surface area contributed by atoms with Gasteiger partial charge in [-0.3, -0.25) is 4.90 Å². The quantitative estimate of drug-likeness (QED) is 0.831. The number of aliphatic hydroxyl groups excluding tert-OH is 1. The molecule has 0 aliphatic heterocycles. The van der Waals surface area contributed by atoms with Gasteiger partial charge in [-0.2, -0.15) is 13.2 Å². The number of alkyl halides is 3. The van der Waals surface area contributed by atoms with Crippen molar-refractivity contribution >= 4 is 0 Å². The Balaban J connectivity index is 2.62. The Bertz CT molecular complexity index is 365. The van der Waals surface area contributed by atoms with Crippen molar-refractivity contribution in [2.45, 2.75) is 19.6 Å². The second-order valence-corrected chi connectivity index (χ2v) is 4.13. The third kappa shape index (κ3) is 6.45. The first kappa shape index (κ1) is 15.8. The summed E-state index contributed by atoms with van der Waals surface area (Å²) in [4.78, 5) is 1.16. The number of nitrogens with zero attached hydrogens (tertiary/aromatic N) is 1. The smallest absolute Gasteiger partial charge is 0.401 e. The van der Waals surface area contributed by atoms with Crippen LogP contribution in [0.5, 0.6) is 5.75 Å². The maximum absolute atomic E-state index is 12.4. The molecule has 0 radical (unpaired) electrons. The van der Waals surface area contributed by atoms with Crippen LogP contribution in [0.25, 0.3) is 0 Å². The Morgan fingerprint density at radius 2 is 1.84 bits per heavy atom. The Morgan fingerprint density at radius 1 is 1.21 bits per heavy atom. The van der Waals surface area contributed by atoms with Gasteiger partial charge in [0.2, 0.25) is 0 Å². The van der Waals surface area contributed by atoms with E-state index in [-0.39, 0.29) is 19.7 Å². The summed E-state index contributed by atoms with van der Waals surface area (Å²) in [5.41, 5.74) is 0.751. The molecule has 0 saturated heterocycles. The normalized spacial score (nSPS) is 11.9. The van der Waals surface area contributed by atoms with Gasteiger partial charge in [-0.1, -0.05) is 12.1 Å². The average Bonchev–Trinajstić information content (AvgIpc) is 2.30. The highest BCUT2D eigenvalue weighted by Gasteiger charge is 2.30. The van der Waals surface area contributed by atoms with Crippen LogP contribution in [-0.2, 0) is 6.54 Å². The molecule has 0 unspecified atom stereocenters. The van der Waals surface area contributed by atoms with Crippen LogP contribution in [0.2, 0.25) is 0 Å². The zero-order valence-corrected chi connectivity index (χ0v) is 10.8. The molecule has 0 saturated carbocycles. The summed E-state index contributed by atoms with van der Waals surface area (Å²) < 4.78 is 42.3. The lowest BCUT2D eigenvalue weighted by atomic mass is 10.2. The standard InChI is InChI=1S/C13H18F3NO2/c1-2-19-12-5-3-11(4-6-12)9-17(7-8-18)10-13(14,15)16/h3-6,18H,2,7-10H2,1H3. The summed E-state index contributed by atoms with van der Waals surface area (Å²) in [6, 6.07) is 6.91. The predicted octanol–water partition coefficient (Wildman–Crippen LogP) is 2.44. The molecule has 0 fully saturated rings. The number of hydrogen-bond donors (Lipinski definition) is 1. The molecule has 0 heterocycles. The Labute approximate surface area is 110 Å². The van der Waals surface area contributed by atoms with Crippen molar-refractivity contribution in [1.29, 1.82) is 0 Å². The van der Waals surface area contributed by atoms with Gasteiger partial charge in [0.05, 0.1) is 19.8 Å². The van der Waals surface area contributed by atoms with Gasteiger partial charge in [-0.25, -0.2) is 0 Å². The topological polar surface area (TPSA) is 32.7 Å². The summed E-state index contributed by atoms with van der Waals surface area (Å²) in [5, 5.41) is 8.80. The SMILES string of the molecule is CCOc1ccc(CN(CCO)CC(F)(F)F)cc1. The predicted molar refractivity (Wildman–Crippen MR) is 66.0 cm³/mol. The number of aliphatic hydroxyl groups is 1. The van der Waals surface area contributed by atoms with Crippen LogP contribution < -0.4 is 4.74 Å². The summed E-state index contributed by atoms with van der Waals surface area (Å²) in [7, 11) is 0. The van der Waals surface area contributed by atoms with E-state index in [2.05, 4.69) is 0 Å². The van der Waals surface area contributed by atoms with E-state index in [0.717, 1.165) is 10.5 Å². The Kier molecular flexibility index (Phi) is 6.11. The van der Waals surface area contributed by atoms with Crippen LogP contribution in [-0.4, -0.2) is 42.5 Å². The fourth-order valence-electron chi connectivity index (χ4n) is 1.72. The van der Waals surface area contributed by atoms with Gasteiger partial charge in [0.15, 0.2) is 0 Å². The zero-order chi connectivity index (χ0) is 14.3. The third-order valence-electron chi connectivity index (χ3n) is 2.46. The highest BCUT2D eigenvalue weighted by atomic mass is 19.4. The minimum atomic E-state index is -4.26. The van der Waals surface area contributed by atoms with E-state index in [1.807, 2.05) is 6.92 Å². The molecule has 19 heavy (non-hydrogen) atoms. The average molecular weight is 277 g/mol. The Hall–Kier alpha value is -1.27. The summed E-state index contributed by atoms with van der Waals surface area (Å²) in [6.45, 7) is 1.22. The lowest BCUT2D eigenvalue weighted by Crippen LogP contribution is -2.35. The van der Waals surface area contributed by atoms with E-state index >= 15 is 0 Å². The van der Waals surface area contributed by atoms with E-state index in [0.29, 0.717) is 12.4 Å². The Morgan fingerprint density at radius 3 is 2.32 bits per heavy atom. The molecule has 1 aromatic rings. The maximum atomic E-state index is 12.4. The first-order valence-corrected chi connectivity index (χ1v) is 6.06. The minimum Gasteiger partial charge on any atom is -0.494 e. The molecule has 0 aliphatic carbocycles. The molecule has 3 nitrogen and oxygen atoms in total. The number of rotatable bonds is 7. The molecule has 0 aromatic heterocycles. The number of ether oxygens (including phenoxy) is 1. The molecule has 0 aliphatic rings. The minimum absolute atomic E-state index is 0.00722. The largest absolute Gasteiger partial charge is 0.494 e. The first-order chi connectivity index (χ1) is 8.94. The van der Waals surface area contributed by atoms with Crippen molar-refractivity contribution in [2.24, 2.45) is 0 Å². The van der Waals surface area contributed by atoms with E-state index in [9.17, 15) is 13.2 Å². The van der Waals surface area contributed by atoms with Crippen molar-refractivity contribution < 1.29 is 23.0 Å². The molecule has 0 atom stereocenters. The van der Waals surface area contributed by atoms with Crippen LogP contribution in [0, 0.1) is 0 Å². The van der Waals surface area contributed by atoms with Crippen molar-refractivity contribution in [1.82, 2.24) is 4.90 Å². The summed E-state index contributed by atoms with van der Waals surface area (Å²) in [6.07, 6.45) is -4.26. The fourth-order valence-corrected chi connectivity index (χ4v) is 1.72. The van der Waals surface area contributed by atoms with Crippen molar-refractivity contribution in [2.75, 3.05) is 26.3 Å². The van der Waals surface area contributed by atoms with Gasteiger partial charge in [0, 0.05) is 13.1 Å². The van der Waals surface area contributed by atoms with Crippen LogP contribution in [0.3, 0.4) is 0 Å². The van der Waals surface area contributed by atoms with Crippen LogP contribution >= 0.6 is 0 Å². The summed E-state index contributed by atoms with van der Waals surface area (Å²) >= 11 is 0. The second-order valence-electron chi connectivity index (χ2n) is 4.13. The lowest BCUT2D eigenvalue weighted by molar-refractivity contribution is -0.147.